The number of ketones is 1. The van der Waals surface area contributed by atoms with Crippen LogP contribution in [0, 0.1) is 18.6 Å². The highest BCUT2D eigenvalue weighted by molar-refractivity contribution is 7.10. The maximum absolute atomic E-state index is 14.6. The quantitative estimate of drug-likeness (QED) is 0.353. The Labute approximate surface area is 180 Å². The lowest BCUT2D eigenvalue weighted by atomic mass is 9.97. The first kappa shape index (κ1) is 20.7. The summed E-state index contributed by atoms with van der Waals surface area (Å²) < 4.78 is 33.2. The molecule has 4 rings (SSSR count). The van der Waals surface area contributed by atoms with Gasteiger partial charge in [0.15, 0.2) is 0 Å². The molecule has 1 amide bonds. The Hall–Kier alpha value is -3.52. The molecule has 31 heavy (non-hydrogen) atoms. The van der Waals surface area contributed by atoms with Gasteiger partial charge in [-0.25, -0.2) is 8.78 Å². The fraction of sp³-hybridized carbons (Fsp3) is 0.130. The van der Waals surface area contributed by atoms with Gasteiger partial charge in [-0.2, -0.15) is 0 Å². The summed E-state index contributed by atoms with van der Waals surface area (Å²) in [6.07, 6.45) is 0. The smallest absolute Gasteiger partial charge is 0.300 e. The molecule has 0 saturated carbocycles. The molecule has 1 unspecified atom stereocenters. The molecule has 1 aliphatic heterocycles. The van der Waals surface area contributed by atoms with Crippen LogP contribution in [0.3, 0.4) is 0 Å². The molecule has 1 aliphatic rings. The highest BCUT2D eigenvalue weighted by Crippen LogP contribution is 2.44. The monoisotopic (exact) mass is 441 g/mol. The van der Waals surface area contributed by atoms with Crippen molar-refractivity contribution < 1.29 is 28.2 Å². The number of anilines is 1. The number of hydrogen-bond donors (Lipinski definition) is 1. The summed E-state index contributed by atoms with van der Waals surface area (Å²) in [5.41, 5.74) is 0.567. The van der Waals surface area contributed by atoms with E-state index in [-0.39, 0.29) is 17.0 Å². The van der Waals surface area contributed by atoms with E-state index in [0.717, 1.165) is 17.0 Å². The number of methoxy groups -OCH3 is 1. The summed E-state index contributed by atoms with van der Waals surface area (Å²) in [5, 5.41) is 12.8. The molecule has 2 aromatic carbocycles. The zero-order valence-corrected chi connectivity index (χ0v) is 17.4. The van der Waals surface area contributed by atoms with Crippen LogP contribution in [0.25, 0.3) is 5.76 Å². The van der Waals surface area contributed by atoms with Crippen LogP contribution in [0.4, 0.5) is 14.5 Å². The van der Waals surface area contributed by atoms with Crippen molar-refractivity contribution in [2.45, 2.75) is 13.0 Å². The molecule has 2 heterocycles. The van der Waals surface area contributed by atoms with E-state index in [1.54, 1.807) is 42.6 Å². The van der Waals surface area contributed by atoms with E-state index in [4.69, 9.17) is 4.74 Å². The van der Waals surface area contributed by atoms with E-state index >= 15 is 0 Å². The number of hydrogen-bond acceptors (Lipinski definition) is 5. The Balaban J connectivity index is 1.94. The summed E-state index contributed by atoms with van der Waals surface area (Å²) in [5.74, 6) is -3.55. The number of ether oxygens (including phenoxy) is 1. The fourth-order valence-electron chi connectivity index (χ4n) is 3.65. The summed E-state index contributed by atoms with van der Waals surface area (Å²) >= 11 is 1.25. The van der Waals surface area contributed by atoms with E-state index in [1.165, 1.54) is 18.4 Å². The molecule has 1 atom stereocenters. The van der Waals surface area contributed by atoms with Crippen molar-refractivity contribution in [1.29, 1.82) is 0 Å². The Kier molecular flexibility index (Phi) is 5.32. The van der Waals surface area contributed by atoms with Crippen molar-refractivity contribution in [1.82, 2.24) is 0 Å². The molecule has 8 heteroatoms. The molecule has 1 aromatic heterocycles. The predicted octanol–water partition coefficient (Wildman–Crippen LogP) is 4.97. The second-order valence-corrected chi connectivity index (χ2v) is 7.94. The van der Waals surface area contributed by atoms with Crippen molar-refractivity contribution in [2.24, 2.45) is 0 Å². The number of nitrogens with zero attached hydrogens (tertiary/aromatic N) is 1. The van der Waals surface area contributed by atoms with Gasteiger partial charge in [-0.3, -0.25) is 14.5 Å². The maximum Gasteiger partial charge on any atom is 0.300 e. The number of thiophene rings is 1. The van der Waals surface area contributed by atoms with Crippen LogP contribution in [0.1, 0.15) is 22.0 Å². The molecule has 0 spiro atoms. The van der Waals surface area contributed by atoms with E-state index < -0.39 is 29.4 Å². The standard InChI is InChI=1S/C23H17F2NO4S/c1-12-10-14(30-2)6-7-15(12)21(27)19-20(18-4-3-9-31-18)26(23(29)22(19)28)17-8-5-13(24)11-16(17)25/h3-11,20,27H,1-2H3/b21-19-. The van der Waals surface area contributed by atoms with Crippen LogP contribution < -0.4 is 9.64 Å². The van der Waals surface area contributed by atoms with Gasteiger partial charge in [0.1, 0.15) is 29.2 Å². The Bertz CT molecular complexity index is 1220. The topological polar surface area (TPSA) is 66.8 Å². The Morgan fingerprint density at radius 2 is 1.90 bits per heavy atom. The molecule has 0 radical (unpaired) electrons. The van der Waals surface area contributed by atoms with Gasteiger partial charge in [0.2, 0.25) is 0 Å². The largest absolute Gasteiger partial charge is 0.507 e. The Morgan fingerprint density at radius 3 is 2.52 bits per heavy atom. The fourth-order valence-corrected chi connectivity index (χ4v) is 4.47. The van der Waals surface area contributed by atoms with Gasteiger partial charge in [0.25, 0.3) is 11.7 Å². The summed E-state index contributed by atoms with van der Waals surface area (Å²) in [7, 11) is 1.51. The highest BCUT2D eigenvalue weighted by Gasteiger charge is 2.48. The highest BCUT2D eigenvalue weighted by atomic mass is 32.1. The minimum atomic E-state index is -1.05. The molecule has 3 aromatic rings. The van der Waals surface area contributed by atoms with Crippen LogP contribution in [-0.2, 0) is 9.59 Å². The van der Waals surface area contributed by atoms with E-state index in [9.17, 15) is 23.5 Å². The molecule has 158 valence electrons. The molecule has 1 saturated heterocycles. The van der Waals surface area contributed by atoms with Gasteiger partial charge < -0.3 is 9.84 Å². The first-order valence-corrected chi connectivity index (χ1v) is 10.2. The van der Waals surface area contributed by atoms with Crippen molar-refractivity contribution in [2.75, 3.05) is 12.0 Å². The number of benzene rings is 2. The van der Waals surface area contributed by atoms with Crippen molar-refractivity contribution in [3.05, 3.63) is 87.1 Å². The van der Waals surface area contributed by atoms with E-state index in [2.05, 4.69) is 0 Å². The number of amides is 1. The summed E-state index contributed by atoms with van der Waals surface area (Å²) in [6.45, 7) is 1.73. The van der Waals surface area contributed by atoms with Crippen molar-refractivity contribution in [3.63, 3.8) is 0 Å². The molecule has 1 N–H and O–H groups in total. The van der Waals surface area contributed by atoms with Gasteiger partial charge >= 0.3 is 0 Å². The number of aryl methyl sites for hydroxylation is 1. The van der Waals surface area contributed by atoms with Gasteiger partial charge in [0, 0.05) is 16.5 Å². The second kappa shape index (κ2) is 7.96. The lowest BCUT2D eigenvalue weighted by Gasteiger charge is -2.24. The molecule has 5 nitrogen and oxygen atoms in total. The van der Waals surface area contributed by atoms with Gasteiger partial charge in [-0.05, 0) is 54.3 Å². The van der Waals surface area contributed by atoms with Gasteiger partial charge in [0.05, 0.1) is 18.4 Å². The van der Waals surface area contributed by atoms with Crippen LogP contribution >= 0.6 is 11.3 Å². The zero-order chi connectivity index (χ0) is 22.3. The summed E-state index contributed by atoms with van der Waals surface area (Å²) in [4.78, 5) is 27.4. The van der Waals surface area contributed by atoms with Crippen molar-refractivity contribution in [3.8, 4) is 5.75 Å². The number of carbonyl (C=O) groups excluding carboxylic acids is 2. The molecule has 0 aliphatic carbocycles. The SMILES string of the molecule is COc1ccc(/C(O)=C2/C(=O)C(=O)N(c3ccc(F)cc3F)C2c2cccs2)c(C)c1. The molecular weight excluding hydrogens is 424 g/mol. The number of aliphatic hydroxyl groups is 1. The first-order valence-electron chi connectivity index (χ1n) is 9.28. The van der Waals surface area contributed by atoms with E-state index in [0.29, 0.717) is 27.8 Å². The second-order valence-electron chi connectivity index (χ2n) is 6.96. The van der Waals surface area contributed by atoms with Crippen LogP contribution in [0.2, 0.25) is 0 Å². The number of rotatable bonds is 4. The lowest BCUT2D eigenvalue weighted by Crippen LogP contribution is -2.30. The normalized spacial score (nSPS) is 17.9. The molecule has 1 fully saturated rings. The summed E-state index contributed by atoms with van der Waals surface area (Å²) in [6, 6.07) is 10.0. The van der Waals surface area contributed by atoms with E-state index in [1.807, 2.05) is 0 Å². The van der Waals surface area contributed by atoms with Gasteiger partial charge in [-0.1, -0.05) is 6.07 Å². The van der Waals surface area contributed by atoms with Gasteiger partial charge in [-0.15, -0.1) is 11.3 Å². The lowest BCUT2D eigenvalue weighted by molar-refractivity contribution is -0.132. The third-order valence-corrected chi connectivity index (χ3v) is 6.04. The number of carbonyl (C=O) groups is 2. The third kappa shape index (κ3) is 3.48. The number of Topliss-reactive ketones (excluding diaryl/α,β-unsaturated/α-hetero) is 1. The minimum absolute atomic E-state index is 0.163. The predicted molar refractivity (Wildman–Crippen MR) is 113 cm³/mol. The number of halogens is 2. The minimum Gasteiger partial charge on any atom is -0.507 e. The van der Waals surface area contributed by atoms with Crippen LogP contribution in [-0.4, -0.2) is 23.9 Å². The number of aliphatic hydroxyl groups excluding tert-OH is 1. The average Bonchev–Trinajstić information content (AvgIpc) is 3.35. The zero-order valence-electron chi connectivity index (χ0n) is 16.6. The van der Waals surface area contributed by atoms with Crippen LogP contribution in [0.5, 0.6) is 5.75 Å². The average molecular weight is 441 g/mol. The van der Waals surface area contributed by atoms with Crippen molar-refractivity contribution >= 4 is 34.5 Å². The Morgan fingerprint density at radius 1 is 1.13 bits per heavy atom. The van der Waals surface area contributed by atoms with Crippen LogP contribution in [0.15, 0.2) is 59.5 Å². The molecule has 0 bridgehead atoms. The molecular formula is C23H17F2NO4S. The first-order chi connectivity index (χ1) is 14.8. The maximum atomic E-state index is 14.6. The third-order valence-electron chi connectivity index (χ3n) is 5.12.